The van der Waals surface area contributed by atoms with Crippen LogP contribution in [0.5, 0.6) is 0 Å². The molecule has 1 unspecified atom stereocenters. The van der Waals surface area contributed by atoms with Crippen LogP contribution in [0.4, 0.5) is 13.2 Å². The van der Waals surface area contributed by atoms with Gasteiger partial charge in [-0.1, -0.05) is 11.6 Å². The summed E-state index contributed by atoms with van der Waals surface area (Å²) >= 11 is 5.68. The van der Waals surface area contributed by atoms with Crippen LogP contribution in [0, 0.1) is 0 Å². The molecule has 2 nitrogen and oxygen atoms in total. The largest absolute Gasteiger partial charge is 0.458 e. The maximum absolute atomic E-state index is 12.7. The molecule has 2 aromatic rings. The van der Waals surface area contributed by atoms with Crippen molar-refractivity contribution in [2.45, 2.75) is 19.2 Å². The molecule has 0 radical (unpaired) electrons. The second-order valence-corrected chi connectivity index (χ2v) is 4.54. The van der Waals surface area contributed by atoms with Crippen LogP contribution in [0.15, 0.2) is 34.7 Å². The summed E-state index contributed by atoms with van der Waals surface area (Å²) in [6.07, 6.45) is -5.30. The Morgan fingerprint density at radius 2 is 1.89 bits per heavy atom. The maximum atomic E-state index is 12.7. The molecule has 1 aromatic carbocycles. The minimum Gasteiger partial charge on any atom is -0.458 e. The van der Waals surface area contributed by atoms with E-state index in [1.165, 1.54) is 25.1 Å². The molecule has 0 bridgehead atoms. The predicted octanol–water partition coefficient (Wildman–Crippen LogP) is 4.67. The lowest BCUT2D eigenvalue weighted by molar-refractivity contribution is -0.137. The average Bonchev–Trinajstić information content (AvgIpc) is 2.76. The molecular formula is C13H10ClF3O2. The first kappa shape index (κ1) is 14.0. The highest BCUT2D eigenvalue weighted by molar-refractivity contribution is 6.30. The van der Waals surface area contributed by atoms with Crippen molar-refractivity contribution < 1.29 is 22.7 Å². The Morgan fingerprint density at radius 1 is 1.21 bits per heavy atom. The Kier molecular flexibility index (Phi) is 3.60. The standard InChI is InChI=1S/C13H10ClF3O2/c1-7(18)11-2-3-12(19-11)8-4-9(13(15,16)17)6-10(14)5-8/h2-7,18H,1H3. The number of alkyl halides is 3. The van der Waals surface area contributed by atoms with Gasteiger partial charge in [-0.2, -0.15) is 13.2 Å². The van der Waals surface area contributed by atoms with Gasteiger partial charge in [-0.3, -0.25) is 0 Å². The Hall–Kier alpha value is -1.46. The number of aliphatic hydroxyl groups excluding tert-OH is 1. The summed E-state index contributed by atoms with van der Waals surface area (Å²) in [7, 11) is 0. The Bertz CT molecular complexity index is 588. The van der Waals surface area contributed by atoms with E-state index in [-0.39, 0.29) is 22.1 Å². The second-order valence-electron chi connectivity index (χ2n) is 4.10. The number of furan rings is 1. The van der Waals surface area contributed by atoms with E-state index in [1.54, 1.807) is 0 Å². The Labute approximate surface area is 112 Å². The molecule has 0 aliphatic carbocycles. The van der Waals surface area contributed by atoms with E-state index >= 15 is 0 Å². The molecule has 0 amide bonds. The van der Waals surface area contributed by atoms with Crippen molar-refractivity contribution in [3.63, 3.8) is 0 Å². The number of halogens is 4. The first-order chi connectivity index (χ1) is 8.77. The summed E-state index contributed by atoms with van der Waals surface area (Å²) in [5, 5.41) is 9.29. The zero-order valence-corrected chi connectivity index (χ0v) is 10.6. The molecule has 1 atom stereocenters. The number of benzene rings is 1. The van der Waals surface area contributed by atoms with Gasteiger partial charge in [0.1, 0.15) is 17.6 Å². The minimum absolute atomic E-state index is 0.0279. The van der Waals surface area contributed by atoms with E-state index in [0.717, 1.165) is 12.1 Å². The average molecular weight is 291 g/mol. The molecule has 0 aliphatic rings. The molecule has 0 saturated heterocycles. The predicted molar refractivity (Wildman–Crippen MR) is 64.8 cm³/mol. The molecule has 0 spiro atoms. The molecule has 2 rings (SSSR count). The van der Waals surface area contributed by atoms with Gasteiger partial charge in [-0.05, 0) is 37.3 Å². The van der Waals surface area contributed by atoms with Crippen LogP contribution in [0.2, 0.25) is 5.02 Å². The summed E-state index contributed by atoms with van der Waals surface area (Å²) in [4.78, 5) is 0. The van der Waals surface area contributed by atoms with Gasteiger partial charge in [-0.25, -0.2) is 0 Å². The van der Waals surface area contributed by atoms with Gasteiger partial charge in [-0.15, -0.1) is 0 Å². The molecular weight excluding hydrogens is 281 g/mol. The highest BCUT2D eigenvalue weighted by atomic mass is 35.5. The SMILES string of the molecule is CC(O)c1ccc(-c2cc(Cl)cc(C(F)(F)F)c2)o1. The second kappa shape index (κ2) is 4.90. The lowest BCUT2D eigenvalue weighted by atomic mass is 10.1. The summed E-state index contributed by atoms with van der Waals surface area (Å²) in [5.74, 6) is 0.507. The molecule has 1 heterocycles. The normalized spacial score (nSPS) is 13.6. The van der Waals surface area contributed by atoms with Gasteiger partial charge in [0, 0.05) is 10.6 Å². The lowest BCUT2D eigenvalue weighted by Crippen LogP contribution is -2.04. The minimum atomic E-state index is -4.47. The quantitative estimate of drug-likeness (QED) is 0.872. The van der Waals surface area contributed by atoms with Crippen molar-refractivity contribution in [2.24, 2.45) is 0 Å². The van der Waals surface area contributed by atoms with Gasteiger partial charge in [0.25, 0.3) is 0 Å². The zero-order valence-electron chi connectivity index (χ0n) is 9.83. The van der Waals surface area contributed by atoms with Crippen molar-refractivity contribution >= 4 is 11.6 Å². The molecule has 102 valence electrons. The molecule has 6 heteroatoms. The third-order valence-electron chi connectivity index (χ3n) is 2.55. The van der Waals surface area contributed by atoms with Crippen LogP contribution >= 0.6 is 11.6 Å². The number of rotatable bonds is 2. The van der Waals surface area contributed by atoms with Crippen LogP contribution in [0.25, 0.3) is 11.3 Å². The fourth-order valence-corrected chi connectivity index (χ4v) is 1.86. The number of aliphatic hydroxyl groups is 1. The molecule has 1 aromatic heterocycles. The summed E-state index contributed by atoms with van der Waals surface area (Å²) in [6, 6.07) is 6.18. The maximum Gasteiger partial charge on any atom is 0.416 e. The van der Waals surface area contributed by atoms with Gasteiger partial charge in [0.2, 0.25) is 0 Å². The van der Waals surface area contributed by atoms with Crippen molar-refractivity contribution in [2.75, 3.05) is 0 Å². The van der Waals surface area contributed by atoms with Crippen molar-refractivity contribution in [1.82, 2.24) is 0 Å². The van der Waals surface area contributed by atoms with Crippen molar-refractivity contribution in [3.05, 3.63) is 46.7 Å². The van der Waals surface area contributed by atoms with Gasteiger partial charge in [0.15, 0.2) is 0 Å². The van der Waals surface area contributed by atoms with Gasteiger partial charge in [0.05, 0.1) is 5.56 Å². The first-order valence-electron chi connectivity index (χ1n) is 5.43. The van der Waals surface area contributed by atoms with E-state index in [2.05, 4.69) is 0 Å². The molecule has 0 aliphatic heterocycles. The smallest absolute Gasteiger partial charge is 0.416 e. The zero-order chi connectivity index (χ0) is 14.2. The topological polar surface area (TPSA) is 33.4 Å². The fraction of sp³-hybridized carbons (Fsp3) is 0.231. The van der Waals surface area contributed by atoms with E-state index in [9.17, 15) is 18.3 Å². The number of hydrogen-bond donors (Lipinski definition) is 1. The van der Waals surface area contributed by atoms with Gasteiger partial charge < -0.3 is 9.52 Å². The molecule has 0 saturated carbocycles. The molecule has 1 N–H and O–H groups in total. The van der Waals surface area contributed by atoms with E-state index in [0.29, 0.717) is 0 Å². The van der Waals surface area contributed by atoms with E-state index in [4.69, 9.17) is 16.0 Å². The fourth-order valence-electron chi connectivity index (χ4n) is 1.63. The van der Waals surface area contributed by atoms with Crippen molar-refractivity contribution in [3.8, 4) is 11.3 Å². The Morgan fingerprint density at radius 3 is 2.42 bits per heavy atom. The van der Waals surface area contributed by atoms with Gasteiger partial charge >= 0.3 is 6.18 Å². The molecule has 0 fully saturated rings. The lowest BCUT2D eigenvalue weighted by Gasteiger charge is -2.08. The van der Waals surface area contributed by atoms with Crippen LogP contribution in [-0.4, -0.2) is 5.11 Å². The van der Waals surface area contributed by atoms with Crippen molar-refractivity contribution in [1.29, 1.82) is 0 Å². The van der Waals surface area contributed by atoms with Crippen LogP contribution in [0.1, 0.15) is 24.4 Å². The van der Waals surface area contributed by atoms with Crippen LogP contribution in [-0.2, 0) is 6.18 Å². The number of hydrogen-bond acceptors (Lipinski definition) is 2. The Balaban J connectivity index is 2.47. The third-order valence-corrected chi connectivity index (χ3v) is 2.77. The summed E-state index contributed by atoms with van der Waals surface area (Å²) < 4.78 is 43.3. The molecule has 19 heavy (non-hydrogen) atoms. The van der Waals surface area contributed by atoms with E-state index in [1.807, 2.05) is 0 Å². The highest BCUT2D eigenvalue weighted by Gasteiger charge is 2.31. The first-order valence-corrected chi connectivity index (χ1v) is 5.81. The summed E-state index contributed by atoms with van der Waals surface area (Å²) in [5.41, 5.74) is -0.628. The monoisotopic (exact) mass is 290 g/mol. The third kappa shape index (κ3) is 3.11. The highest BCUT2D eigenvalue weighted by Crippen LogP contribution is 2.35. The van der Waals surface area contributed by atoms with Crippen LogP contribution < -0.4 is 0 Å². The van der Waals surface area contributed by atoms with E-state index < -0.39 is 17.8 Å². The summed E-state index contributed by atoms with van der Waals surface area (Å²) in [6.45, 7) is 1.50. The van der Waals surface area contributed by atoms with Crippen LogP contribution in [0.3, 0.4) is 0 Å².